The van der Waals surface area contributed by atoms with Crippen LogP contribution in [0.5, 0.6) is 0 Å². The van der Waals surface area contributed by atoms with Gasteiger partial charge in [0.1, 0.15) is 6.29 Å². The maximum absolute atomic E-state index is 12.0. The third kappa shape index (κ3) is 4.17. The molecule has 6 nitrogen and oxygen atoms in total. The van der Waals surface area contributed by atoms with Crippen LogP contribution < -0.4 is 10.4 Å². The highest BCUT2D eigenvalue weighted by atomic mass is 16.5. The first-order valence-electron chi connectivity index (χ1n) is 9.13. The Bertz CT molecular complexity index is 835. The monoisotopic (exact) mass is 367 g/mol. The highest BCUT2D eigenvalue weighted by molar-refractivity contribution is 5.93. The number of rotatable bonds is 6. The van der Waals surface area contributed by atoms with Gasteiger partial charge in [0.05, 0.1) is 11.9 Å². The number of fused-ring (bicyclic) bond motifs is 1. The van der Waals surface area contributed by atoms with E-state index in [0.29, 0.717) is 12.0 Å². The fraction of sp³-hybridized carbons (Fsp3) is 0.381. The minimum Gasteiger partial charge on any atom is -0.373 e. The first-order chi connectivity index (χ1) is 13.0. The zero-order chi connectivity index (χ0) is 19.4. The Morgan fingerprint density at radius 1 is 1.33 bits per heavy atom. The van der Waals surface area contributed by atoms with Crippen molar-refractivity contribution in [1.29, 1.82) is 0 Å². The molecule has 1 aliphatic carbocycles. The van der Waals surface area contributed by atoms with Crippen molar-refractivity contribution in [1.82, 2.24) is 10.5 Å². The Hall–Kier alpha value is -2.73. The maximum Gasteiger partial charge on any atom is 0.274 e. The Morgan fingerprint density at radius 3 is 2.81 bits per heavy atom. The fourth-order valence-corrected chi connectivity index (χ4v) is 3.67. The average Bonchev–Trinajstić information content (AvgIpc) is 2.71. The number of carbonyl (C=O) groups is 2. The number of pyridine rings is 1. The number of amides is 1. The molecule has 0 radical (unpaired) electrons. The van der Waals surface area contributed by atoms with Crippen LogP contribution in [0.2, 0.25) is 0 Å². The Balaban J connectivity index is 1.70. The van der Waals surface area contributed by atoms with Crippen LogP contribution in [0.25, 0.3) is 0 Å². The van der Waals surface area contributed by atoms with Gasteiger partial charge in [-0.05, 0) is 68.0 Å². The number of hydrogen-bond donors (Lipinski definition) is 2. The molecule has 0 unspecified atom stereocenters. The van der Waals surface area contributed by atoms with E-state index >= 15 is 0 Å². The predicted octanol–water partition coefficient (Wildman–Crippen LogP) is 2.71. The van der Waals surface area contributed by atoms with Gasteiger partial charge in [-0.15, -0.1) is 0 Å². The lowest BCUT2D eigenvalue weighted by atomic mass is 9.70. The minimum absolute atomic E-state index is 0.389. The number of nitrogens with one attached hydrogen (secondary N) is 1. The van der Waals surface area contributed by atoms with Gasteiger partial charge in [-0.1, -0.05) is 6.07 Å². The van der Waals surface area contributed by atoms with E-state index in [-0.39, 0.29) is 5.41 Å². The zero-order valence-electron chi connectivity index (χ0n) is 15.7. The zero-order valence-corrected chi connectivity index (χ0v) is 15.7. The van der Waals surface area contributed by atoms with E-state index in [1.165, 1.54) is 0 Å². The number of aromatic nitrogens is 1. The second-order valence-electron chi connectivity index (χ2n) is 7.41. The summed E-state index contributed by atoms with van der Waals surface area (Å²) in [5.41, 5.74) is 5.90. The van der Waals surface area contributed by atoms with Crippen LogP contribution in [0.15, 0.2) is 36.5 Å². The number of carbonyl (C=O) groups excluding carboxylic acids is 2. The van der Waals surface area contributed by atoms with Crippen molar-refractivity contribution in [2.24, 2.45) is 5.41 Å². The van der Waals surface area contributed by atoms with Crippen LogP contribution in [-0.4, -0.2) is 36.0 Å². The fourth-order valence-electron chi connectivity index (χ4n) is 3.67. The number of aryl methyl sites for hydroxylation is 2. The van der Waals surface area contributed by atoms with Crippen molar-refractivity contribution in [3.8, 4) is 0 Å². The molecule has 0 fully saturated rings. The van der Waals surface area contributed by atoms with E-state index in [0.717, 1.165) is 54.6 Å². The summed E-state index contributed by atoms with van der Waals surface area (Å²) >= 11 is 0. The van der Waals surface area contributed by atoms with Gasteiger partial charge in [0, 0.05) is 30.3 Å². The quantitative estimate of drug-likeness (QED) is 0.466. The second-order valence-corrected chi connectivity index (χ2v) is 7.41. The molecular weight excluding hydrogens is 342 g/mol. The Morgan fingerprint density at radius 2 is 2.15 bits per heavy atom. The molecule has 142 valence electrons. The number of benzene rings is 1. The van der Waals surface area contributed by atoms with Crippen molar-refractivity contribution in [2.75, 3.05) is 18.5 Å². The maximum atomic E-state index is 12.0. The Labute approximate surface area is 159 Å². The summed E-state index contributed by atoms with van der Waals surface area (Å²) in [6.07, 6.45) is 5.90. The lowest BCUT2D eigenvalue weighted by Gasteiger charge is -2.35. The molecule has 2 N–H and O–H groups in total. The smallest absolute Gasteiger partial charge is 0.274 e. The van der Waals surface area contributed by atoms with Gasteiger partial charge >= 0.3 is 0 Å². The van der Waals surface area contributed by atoms with E-state index < -0.39 is 5.91 Å². The van der Waals surface area contributed by atoms with Crippen LogP contribution >= 0.6 is 0 Å². The first kappa shape index (κ1) is 19.0. The van der Waals surface area contributed by atoms with Crippen LogP contribution in [-0.2, 0) is 17.6 Å². The average molecular weight is 367 g/mol. The Kier molecular flexibility index (Phi) is 5.56. The van der Waals surface area contributed by atoms with Gasteiger partial charge < -0.3 is 9.69 Å². The van der Waals surface area contributed by atoms with Crippen LogP contribution in [0.1, 0.15) is 40.0 Å². The predicted molar refractivity (Wildman–Crippen MR) is 103 cm³/mol. The lowest BCUT2D eigenvalue weighted by molar-refractivity contribution is -0.117. The van der Waals surface area contributed by atoms with Crippen molar-refractivity contribution >= 4 is 17.9 Å². The number of anilines is 1. The third-order valence-electron chi connectivity index (χ3n) is 5.54. The van der Waals surface area contributed by atoms with Gasteiger partial charge in [0.2, 0.25) is 0 Å². The summed E-state index contributed by atoms with van der Waals surface area (Å²) in [7, 11) is 2.02. The highest BCUT2D eigenvalue weighted by Gasteiger charge is 2.34. The SMILES string of the molecule is Cc1ccc(N(C)CC[C@@]2(C=O)CCc3cc(C(=O)NO)ccc3C2)cn1. The standard InChI is InChI=1S/C21H25N3O3/c1-15-3-6-19(13-22-15)24(2)10-9-21(14-25)8-7-16-11-17(20(26)23-27)4-5-18(16)12-21/h3-6,11,13-14,27H,7-10,12H2,1-2H3,(H,23,26)/t21-/m0/s1. The third-order valence-corrected chi connectivity index (χ3v) is 5.54. The number of nitrogens with zero attached hydrogens (tertiary/aromatic N) is 2. The van der Waals surface area contributed by atoms with Gasteiger partial charge in [-0.3, -0.25) is 15.0 Å². The summed E-state index contributed by atoms with van der Waals surface area (Å²) in [5.74, 6) is -0.515. The molecule has 0 spiro atoms. The van der Waals surface area contributed by atoms with Gasteiger partial charge in [-0.2, -0.15) is 0 Å². The second kappa shape index (κ2) is 7.88. The lowest BCUT2D eigenvalue weighted by Crippen LogP contribution is -2.35. The normalized spacial score (nSPS) is 18.5. The molecule has 1 atom stereocenters. The van der Waals surface area contributed by atoms with Crippen molar-refractivity contribution in [3.63, 3.8) is 0 Å². The molecule has 3 rings (SSSR count). The molecule has 0 saturated carbocycles. The molecule has 0 aliphatic heterocycles. The number of aldehydes is 1. The number of hydroxylamine groups is 1. The molecule has 0 saturated heterocycles. The summed E-state index contributed by atoms with van der Waals surface area (Å²) in [6, 6.07) is 9.41. The summed E-state index contributed by atoms with van der Waals surface area (Å²) in [5, 5.41) is 8.79. The van der Waals surface area contributed by atoms with Crippen molar-refractivity contribution in [3.05, 3.63) is 58.9 Å². The molecule has 2 aromatic rings. The molecule has 6 heteroatoms. The minimum atomic E-state index is -0.515. The first-order valence-corrected chi connectivity index (χ1v) is 9.13. The van der Waals surface area contributed by atoms with Crippen molar-refractivity contribution < 1.29 is 14.8 Å². The molecule has 1 aliphatic rings. The van der Waals surface area contributed by atoms with Crippen LogP contribution in [0.3, 0.4) is 0 Å². The number of hydrogen-bond acceptors (Lipinski definition) is 5. The van der Waals surface area contributed by atoms with Gasteiger partial charge in [0.15, 0.2) is 0 Å². The topological polar surface area (TPSA) is 82.5 Å². The molecule has 1 aromatic heterocycles. The van der Waals surface area contributed by atoms with Crippen molar-refractivity contribution in [2.45, 2.75) is 32.6 Å². The molecule has 1 amide bonds. The van der Waals surface area contributed by atoms with Gasteiger partial charge in [-0.25, -0.2) is 5.48 Å². The summed E-state index contributed by atoms with van der Waals surface area (Å²) in [4.78, 5) is 30.0. The molecule has 27 heavy (non-hydrogen) atoms. The van der Waals surface area contributed by atoms with E-state index in [4.69, 9.17) is 5.21 Å². The van der Waals surface area contributed by atoms with E-state index in [1.54, 1.807) is 17.6 Å². The van der Waals surface area contributed by atoms with E-state index in [2.05, 4.69) is 9.88 Å². The summed E-state index contributed by atoms with van der Waals surface area (Å²) < 4.78 is 0. The van der Waals surface area contributed by atoms with Crippen LogP contribution in [0.4, 0.5) is 5.69 Å². The van der Waals surface area contributed by atoms with E-state index in [9.17, 15) is 9.59 Å². The highest BCUT2D eigenvalue weighted by Crippen LogP contribution is 2.37. The molecule has 1 heterocycles. The van der Waals surface area contributed by atoms with Gasteiger partial charge in [0.25, 0.3) is 5.91 Å². The summed E-state index contributed by atoms with van der Waals surface area (Å²) in [6.45, 7) is 2.73. The largest absolute Gasteiger partial charge is 0.373 e. The molecule has 0 bridgehead atoms. The van der Waals surface area contributed by atoms with E-state index in [1.807, 2.05) is 38.4 Å². The molecular formula is C21H25N3O3. The molecule has 1 aromatic carbocycles. The van der Waals surface area contributed by atoms with Crippen LogP contribution in [0, 0.1) is 12.3 Å².